The van der Waals surface area contributed by atoms with Gasteiger partial charge in [0, 0.05) is 31.4 Å². The van der Waals surface area contributed by atoms with Crippen molar-refractivity contribution in [2.45, 2.75) is 0 Å². The minimum absolute atomic E-state index is 0.217. The molecule has 0 atom stereocenters. The smallest absolute Gasteiger partial charge is 0.337 e. The SMILES string of the molecule is C=CC(=O)Nc1cccc(C(=O)N2CCN(C)c3ccc(C(=O)OC)cc32)c1. The second kappa shape index (κ2) is 7.96. The molecule has 0 saturated carbocycles. The summed E-state index contributed by atoms with van der Waals surface area (Å²) in [6.45, 7) is 4.54. The van der Waals surface area contributed by atoms with Crippen LogP contribution in [0, 0.1) is 0 Å². The molecule has 7 nitrogen and oxygen atoms in total. The minimum Gasteiger partial charge on any atom is -0.465 e. The summed E-state index contributed by atoms with van der Waals surface area (Å²) in [7, 11) is 3.25. The highest BCUT2D eigenvalue weighted by atomic mass is 16.5. The predicted molar refractivity (Wildman–Crippen MR) is 108 cm³/mol. The third-order valence-corrected chi connectivity index (χ3v) is 4.57. The van der Waals surface area contributed by atoms with E-state index >= 15 is 0 Å². The minimum atomic E-state index is -0.461. The van der Waals surface area contributed by atoms with Crippen LogP contribution in [-0.2, 0) is 9.53 Å². The summed E-state index contributed by atoms with van der Waals surface area (Å²) >= 11 is 0. The first-order valence-corrected chi connectivity index (χ1v) is 8.73. The fourth-order valence-electron chi connectivity index (χ4n) is 3.09. The molecule has 0 spiro atoms. The zero-order chi connectivity index (χ0) is 20.3. The van der Waals surface area contributed by atoms with Crippen molar-refractivity contribution in [3.8, 4) is 0 Å². The first-order valence-electron chi connectivity index (χ1n) is 8.73. The average Bonchev–Trinajstić information content (AvgIpc) is 2.72. The van der Waals surface area contributed by atoms with Gasteiger partial charge in [0.1, 0.15) is 0 Å². The number of ether oxygens (including phenoxy) is 1. The van der Waals surface area contributed by atoms with Gasteiger partial charge in [-0.2, -0.15) is 0 Å². The van der Waals surface area contributed by atoms with Crippen molar-refractivity contribution in [3.63, 3.8) is 0 Å². The van der Waals surface area contributed by atoms with Crippen molar-refractivity contribution in [1.82, 2.24) is 0 Å². The summed E-state index contributed by atoms with van der Waals surface area (Å²) in [6.07, 6.45) is 1.17. The van der Waals surface area contributed by atoms with Crippen LogP contribution in [0.4, 0.5) is 17.1 Å². The number of rotatable bonds is 4. The monoisotopic (exact) mass is 379 g/mol. The quantitative estimate of drug-likeness (QED) is 0.653. The van der Waals surface area contributed by atoms with Crippen molar-refractivity contribution < 1.29 is 19.1 Å². The van der Waals surface area contributed by atoms with Crippen molar-refractivity contribution >= 4 is 34.8 Å². The number of benzene rings is 2. The highest BCUT2D eigenvalue weighted by molar-refractivity contribution is 6.10. The van der Waals surface area contributed by atoms with Crippen LogP contribution in [0.5, 0.6) is 0 Å². The average molecular weight is 379 g/mol. The maximum Gasteiger partial charge on any atom is 0.337 e. The van der Waals surface area contributed by atoms with Crippen molar-refractivity contribution in [2.75, 3.05) is 42.4 Å². The van der Waals surface area contributed by atoms with Gasteiger partial charge in [0.15, 0.2) is 0 Å². The molecule has 144 valence electrons. The van der Waals surface area contributed by atoms with Crippen LogP contribution in [-0.4, -0.2) is 45.0 Å². The topological polar surface area (TPSA) is 79.0 Å². The normalized spacial score (nSPS) is 12.8. The van der Waals surface area contributed by atoms with Crippen molar-refractivity contribution in [1.29, 1.82) is 0 Å². The lowest BCUT2D eigenvalue weighted by atomic mass is 10.1. The van der Waals surface area contributed by atoms with Crippen molar-refractivity contribution in [2.24, 2.45) is 0 Å². The van der Waals surface area contributed by atoms with E-state index in [-0.39, 0.29) is 11.8 Å². The Morgan fingerprint density at radius 2 is 1.86 bits per heavy atom. The summed E-state index contributed by atoms with van der Waals surface area (Å²) in [5, 5.41) is 2.65. The third-order valence-electron chi connectivity index (χ3n) is 4.57. The van der Waals surface area contributed by atoms with Gasteiger partial charge >= 0.3 is 5.97 Å². The van der Waals surface area contributed by atoms with Gasteiger partial charge in [0.2, 0.25) is 5.91 Å². The Labute approximate surface area is 163 Å². The summed E-state index contributed by atoms with van der Waals surface area (Å²) in [6, 6.07) is 11.9. The number of nitrogens with one attached hydrogen (secondary N) is 1. The number of anilines is 3. The number of amides is 2. The number of hydrogen-bond donors (Lipinski definition) is 1. The highest BCUT2D eigenvalue weighted by Crippen LogP contribution is 2.34. The molecule has 1 heterocycles. The van der Waals surface area contributed by atoms with Crippen LogP contribution in [0.25, 0.3) is 0 Å². The fourth-order valence-corrected chi connectivity index (χ4v) is 3.09. The van der Waals surface area contributed by atoms with Gasteiger partial charge in [0.25, 0.3) is 5.91 Å². The first-order chi connectivity index (χ1) is 13.4. The molecule has 2 aromatic rings. The molecule has 0 fully saturated rings. The van der Waals surface area contributed by atoms with Gasteiger partial charge < -0.3 is 19.9 Å². The first kappa shape index (κ1) is 19.2. The van der Waals surface area contributed by atoms with E-state index in [2.05, 4.69) is 11.9 Å². The number of esters is 1. The van der Waals surface area contributed by atoms with Crippen LogP contribution in [0.15, 0.2) is 55.1 Å². The highest BCUT2D eigenvalue weighted by Gasteiger charge is 2.27. The van der Waals surface area contributed by atoms with Gasteiger partial charge in [-0.25, -0.2) is 4.79 Å². The molecular formula is C21H21N3O4. The molecule has 0 bridgehead atoms. The van der Waals surface area contributed by atoms with E-state index in [9.17, 15) is 14.4 Å². The second-order valence-corrected chi connectivity index (χ2v) is 6.35. The molecule has 0 unspecified atom stereocenters. The molecule has 0 aliphatic carbocycles. The maximum atomic E-state index is 13.2. The summed E-state index contributed by atoms with van der Waals surface area (Å²) in [5.74, 6) is -1.03. The number of likely N-dealkylation sites (N-methyl/N-ethyl adjacent to an activating group) is 1. The number of carbonyl (C=O) groups is 3. The van der Waals surface area contributed by atoms with Gasteiger partial charge in [-0.15, -0.1) is 0 Å². The predicted octanol–water partition coefficient (Wildman–Crippen LogP) is 2.69. The molecule has 7 heteroatoms. The second-order valence-electron chi connectivity index (χ2n) is 6.35. The van der Waals surface area contributed by atoms with Gasteiger partial charge in [-0.3, -0.25) is 9.59 Å². The number of hydrogen-bond acceptors (Lipinski definition) is 5. The molecule has 0 radical (unpaired) electrons. The van der Waals surface area contributed by atoms with E-state index in [1.807, 2.05) is 18.0 Å². The van der Waals surface area contributed by atoms with Crippen LogP contribution in [0.1, 0.15) is 20.7 Å². The van der Waals surface area contributed by atoms with Crippen LogP contribution < -0.4 is 15.1 Å². The molecule has 1 aliphatic heterocycles. The molecule has 2 aromatic carbocycles. The van der Waals surface area contributed by atoms with E-state index in [1.165, 1.54) is 13.2 Å². The van der Waals surface area contributed by atoms with E-state index in [1.54, 1.807) is 41.3 Å². The van der Waals surface area contributed by atoms with E-state index in [4.69, 9.17) is 4.74 Å². The summed E-state index contributed by atoms with van der Waals surface area (Å²) in [4.78, 5) is 40.3. The van der Waals surface area contributed by atoms with E-state index < -0.39 is 5.97 Å². The molecular weight excluding hydrogens is 358 g/mol. The Kier molecular flexibility index (Phi) is 5.44. The number of nitrogens with zero attached hydrogens (tertiary/aromatic N) is 2. The molecule has 2 amide bonds. The Hall–Kier alpha value is -3.61. The Morgan fingerprint density at radius 3 is 2.57 bits per heavy atom. The molecule has 28 heavy (non-hydrogen) atoms. The Bertz CT molecular complexity index is 954. The van der Waals surface area contributed by atoms with Crippen molar-refractivity contribution in [3.05, 3.63) is 66.2 Å². The number of methoxy groups -OCH3 is 1. The molecule has 1 aliphatic rings. The standard InChI is InChI=1S/C21H21N3O4/c1-4-19(25)22-16-7-5-6-14(12-16)20(26)24-11-10-23(2)17-9-8-15(13-18(17)24)21(27)28-3/h4-9,12-13H,1,10-11H2,2-3H3,(H,22,25). The lowest BCUT2D eigenvalue weighted by Crippen LogP contribution is -2.42. The zero-order valence-corrected chi connectivity index (χ0v) is 15.8. The number of carbonyl (C=O) groups excluding carboxylic acids is 3. The maximum absolute atomic E-state index is 13.2. The Morgan fingerprint density at radius 1 is 1.07 bits per heavy atom. The lowest BCUT2D eigenvalue weighted by Gasteiger charge is -2.36. The summed E-state index contributed by atoms with van der Waals surface area (Å²) in [5.41, 5.74) is 2.81. The van der Waals surface area contributed by atoms with E-state index in [0.717, 1.165) is 5.69 Å². The van der Waals surface area contributed by atoms with E-state index in [0.29, 0.717) is 35.6 Å². The lowest BCUT2D eigenvalue weighted by molar-refractivity contribution is -0.111. The van der Waals surface area contributed by atoms with Crippen LogP contribution >= 0.6 is 0 Å². The largest absolute Gasteiger partial charge is 0.465 e. The van der Waals surface area contributed by atoms with Crippen LogP contribution in [0.3, 0.4) is 0 Å². The molecule has 1 N–H and O–H groups in total. The molecule has 3 rings (SSSR count). The Balaban J connectivity index is 1.96. The van der Waals surface area contributed by atoms with Gasteiger partial charge in [0.05, 0.1) is 24.0 Å². The van der Waals surface area contributed by atoms with Gasteiger partial charge in [-0.1, -0.05) is 12.6 Å². The summed E-state index contributed by atoms with van der Waals surface area (Å²) < 4.78 is 4.79. The number of fused-ring (bicyclic) bond motifs is 1. The van der Waals surface area contributed by atoms with Gasteiger partial charge in [-0.05, 0) is 42.5 Å². The molecule has 0 aromatic heterocycles. The fraction of sp³-hybridized carbons (Fsp3) is 0.190. The zero-order valence-electron chi connectivity index (χ0n) is 15.8. The molecule has 0 saturated heterocycles. The third kappa shape index (κ3) is 3.73. The van der Waals surface area contributed by atoms with Crippen LogP contribution in [0.2, 0.25) is 0 Å².